The van der Waals surface area contributed by atoms with Gasteiger partial charge in [0.1, 0.15) is 11.6 Å². The Morgan fingerprint density at radius 1 is 1.37 bits per heavy atom. The second-order valence-electron chi connectivity index (χ2n) is 7.90. The number of urea groups is 1. The number of nitrogens with one attached hydrogen (secondary N) is 3. The van der Waals surface area contributed by atoms with Gasteiger partial charge in [-0.3, -0.25) is 5.10 Å². The summed E-state index contributed by atoms with van der Waals surface area (Å²) in [5.41, 5.74) is 0.907. The van der Waals surface area contributed by atoms with Crippen LogP contribution in [-0.2, 0) is 11.3 Å². The molecule has 0 saturated carbocycles. The number of halogens is 1. The number of ether oxygens (including phenoxy) is 1. The molecule has 1 saturated heterocycles. The first kappa shape index (κ1) is 22.2. The molecule has 8 nitrogen and oxygen atoms in total. The van der Waals surface area contributed by atoms with Gasteiger partial charge in [0.15, 0.2) is 4.77 Å². The Hall–Kier alpha value is -2.46. The molecule has 30 heavy (non-hydrogen) atoms. The molecule has 10 heteroatoms. The van der Waals surface area contributed by atoms with Crippen molar-refractivity contribution in [2.24, 2.45) is 0 Å². The standard InChI is InChI=1S/C20H29FN6O2S/c1-12(2)18-24-25-20(30)27(18)8-7-22-19(28)23-15-5-6-17(16(21)9-15)26-10-13(3)29-14(4)11-26/h5-6,9,12-14H,7-8,10-11H2,1-4H3,(H,25,30)(H2,22,23,28)/t13-,14-/m1/s1. The van der Waals surface area contributed by atoms with Crippen LogP contribution in [0.2, 0.25) is 0 Å². The molecule has 1 aliphatic heterocycles. The molecule has 2 amide bonds. The van der Waals surface area contributed by atoms with Crippen molar-refractivity contribution in [2.45, 2.75) is 52.4 Å². The van der Waals surface area contributed by atoms with Crippen molar-refractivity contribution in [3.8, 4) is 0 Å². The highest BCUT2D eigenvalue weighted by molar-refractivity contribution is 7.71. The van der Waals surface area contributed by atoms with Crippen molar-refractivity contribution in [2.75, 3.05) is 29.9 Å². The van der Waals surface area contributed by atoms with Gasteiger partial charge in [0.05, 0.1) is 17.9 Å². The summed E-state index contributed by atoms with van der Waals surface area (Å²) in [5.74, 6) is 0.678. The molecule has 164 valence electrons. The summed E-state index contributed by atoms with van der Waals surface area (Å²) in [6.07, 6.45) is 0.0772. The number of aromatic nitrogens is 3. The Labute approximate surface area is 180 Å². The van der Waals surface area contributed by atoms with E-state index in [1.807, 2.05) is 37.2 Å². The lowest BCUT2D eigenvalue weighted by Gasteiger charge is -2.37. The number of morpholine rings is 1. The molecule has 3 N–H and O–H groups in total. The molecule has 1 fully saturated rings. The molecule has 1 aromatic heterocycles. The zero-order chi connectivity index (χ0) is 21.8. The van der Waals surface area contributed by atoms with Gasteiger partial charge in [-0.15, -0.1) is 0 Å². The highest BCUT2D eigenvalue weighted by Gasteiger charge is 2.24. The van der Waals surface area contributed by atoms with E-state index in [2.05, 4.69) is 20.8 Å². The van der Waals surface area contributed by atoms with Gasteiger partial charge in [-0.25, -0.2) is 9.18 Å². The van der Waals surface area contributed by atoms with E-state index in [1.165, 1.54) is 6.07 Å². The van der Waals surface area contributed by atoms with E-state index in [-0.39, 0.29) is 23.9 Å². The molecular formula is C20H29FN6O2S. The van der Waals surface area contributed by atoms with Crippen LogP contribution in [0.4, 0.5) is 20.6 Å². The molecule has 2 heterocycles. The van der Waals surface area contributed by atoms with Crippen molar-refractivity contribution in [1.82, 2.24) is 20.1 Å². The number of amides is 2. The molecule has 1 aromatic carbocycles. The number of nitrogens with zero attached hydrogens (tertiary/aromatic N) is 3. The van der Waals surface area contributed by atoms with Gasteiger partial charge in [-0.1, -0.05) is 13.8 Å². The molecule has 0 aliphatic carbocycles. The lowest BCUT2D eigenvalue weighted by Crippen LogP contribution is -2.45. The molecule has 2 atom stereocenters. The number of rotatable bonds is 6. The van der Waals surface area contributed by atoms with E-state index in [0.717, 1.165) is 5.82 Å². The van der Waals surface area contributed by atoms with Gasteiger partial charge in [0, 0.05) is 37.8 Å². The molecule has 0 spiro atoms. The number of hydrogen-bond acceptors (Lipinski definition) is 5. The number of anilines is 2. The minimum absolute atomic E-state index is 0.0386. The van der Waals surface area contributed by atoms with Crippen LogP contribution < -0.4 is 15.5 Å². The molecule has 0 unspecified atom stereocenters. The number of carbonyl (C=O) groups excluding carboxylic acids is 1. The number of aromatic amines is 1. The first-order valence-corrected chi connectivity index (χ1v) is 10.5. The van der Waals surface area contributed by atoms with Gasteiger partial charge in [0.2, 0.25) is 0 Å². The maximum atomic E-state index is 14.7. The topological polar surface area (TPSA) is 87.2 Å². The lowest BCUT2D eigenvalue weighted by molar-refractivity contribution is -0.00539. The number of benzene rings is 1. The number of hydrogen-bond donors (Lipinski definition) is 3. The summed E-state index contributed by atoms with van der Waals surface area (Å²) in [4.78, 5) is 14.2. The third-order valence-corrected chi connectivity index (χ3v) is 5.20. The Balaban J connectivity index is 1.55. The molecular weight excluding hydrogens is 407 g/mol. The van der Waals surface area contributed by atoms with E-state index in [0.29, 0.717) is 42.3 Å². The van der Waals surface area contributed by atoms with Crippen LogP contribution in [0, 0.1) is 10.6 Å². The van der Waals surface area contributed by atoms with Crippen molar-refractivity contribution in [3.05, 3.63) is 34.6 Å². The predicted molar refractivity (Wildman–Crippen MR) is 117 cm³/mol. The molecule has 3 rings (SSSR count). The Bertz CT molecular complexity index is 934. The second-order valence-corrected chi connectivity index (χ2v) is 8.29. The number of carbonyl (C=O) groups is 1. The fraction of sp³-hybridized carbons (Fsp3) is 0.550. The summed E-state index contributed by atoms with van der Waals surface area (Å²) < 4.78 is 22.7. The zero-order valence-electron chi connectivity index (χ0n) is 17.7. The highest BCUT2D eigenvalue weighted by Crippen LogP contribution is 2.26. The minimum atomic E-state index is -0.406. The van der Waals surface area contributed by atoms with Crippen LogP contribution in [0.3, 0.4) is 0 Å². The van der Waals surface area contributed by atoms with Crippen LogP contribution in [0.5, 0.6) is 0 Å². The van der Waals surface area contributed by atoms with Crippen molar-refractivity contribution in [3.63, 3.8) is 0 Å². The summed E-state index contributed by atoms with van der Waals surface area (Å²) in [7, 11) is 0. The van der Waals surface area contributed by atoms with E-state index in [9.17, 15) is 9.18 Å². The van der Waals surface area contributed by atoms with Gasteiger partial charge in [-0.05, 0) is 44.3 Å². The Morgan fingerprint density at radius 3 is 2.70 bits per heavy atom. The van der Waals surface area contributed by atoms with E-state index in [4.69, 9.17) is 17.0 Å². The summed E-state index contributed by atoms with van der Waals surface area (Å²) in [6, 6.07) is 4.32. The first-order chi connectivity index (χ1) is 14.2. The van der Waals surface area contributed by atoms with Crippen molar-refractivity contribution < 1.29 is 13.9 Å². The molecule has 1 aliphatic rings. The number of H-pyrrole nitrogens is 1. The third-order valence-electron chi connectivity index (χ3n) is 4.89. The average molecular weight is 437 g/mol. The summed E-state index contributed by atoms with van der Waals surface area (Å²) >= 11 is 5.23. The first-order valence-electron chi connectivity index (χ1n) is 10.1. The monoisotopic (exact) mass is 436 g/mol. The van der Waals surface area contributed by atoms with Gasteiger partial charge >= 0.3 is 6.03 Å². The summed E-state index contributed by atoms with van der Waals surface area (Å²) in [6.45, 7) is 10.1. The third kappa shape index (κ3) is 5.37. The smallest absolute Gasteiger partial charge is 0.319 e. The SMILES string of the molecule is CC(C)c1n[nH]c(=S)n1CCNC(=O)Nc1ccc(N2C[C@@H](C)O[C@H](C)C2)c(F)c1. The van der Waals surface area contributed by atoms with E-state index < -0.39 is 6.03 Å². The van der Waals surface area contributed by atoms with Gasteiger partial charge in [0.25, 0.3) is 0 Å². The Morgan fingerprint density at radius 2 is 2.07 bits per heavy atom. The van der Waals surface area contributed by atoms with Crippen LogP contribution in [0.15, 0.2) is 18.2 Å². The minimum Gasteiger partial charge on any atom is -0.372 e. The quantitative estimate of drug-likeness (QED) is 0.602. The van der Waals surface area contributed by atoms with Gasteiger partial charge < -0.3 is 24.8 Å². The van der Waals surface area contributed by atoms with E-state index in [1.54, 1.807) is 12.1 Å². The fourth-order valence-electron chi connectivity index (χ4n) is 3.66. The molecule has 2 aromatic rings. The highest BCUT2D eigenvalue weighted by atomic mass is 32.1. The van der Waals surface area contributed by atoms with Gasteiger partial charge in [-0.2, -0.15) is 5.10 Å². The maximum Gasteiger partial charge on any atom is 0.319 e. The maximum absolute atomic E-state index is 14.7. The van der Waals surface area contributed by atoms with Crippen LogP contribution in [0.25, 0.3) is 0 Å². The predicted octanol–water partition coefficient (Wildman–Crippen LogP) is 3.64. The second kappa shape index (κ2) is 9.57. The van der Waals surface area contributed by atoms with Crippen LogP contribution in [0.1, 0.15) is 39.4 Å². The van der Waals surface area contributed by atoms with Crippen LogP contribution >= 0.6 is 12.2 Å². The molecule has 0 radical (unpaired) electrons. The summed E-state index contributed by atoms with van der Waals surface area (Å²) in [5, 5.41) is 12.4. The molecule has 0 bridgehead atoms. The van der Waals surface area contributed by atoms with Crippen molar-refractivity contribution in [1.29, 1.82) is 0 Å². The van der Waals surface area contributed by atoms with E-state index >= 15 is 0 Å². The average Bonchev–Trinajstić information content (AvgIpc) is 3.02. The Kier molecular flexibility index (Phi) is 7.09. The zero-order valence-corrected chi connectivity index (χ0v) is 18.6. The fourth-order valence-corrected chi connectivity index (χ4v) is 3.89. The normalized spacial score (nSPS) is 19.2. The van der Waals surface area contributed by atoms with Crippen LogP contribution in [-0.4, -0.2) is 52.6 Å². The van der Waals surface area contributed by atoms with Crippen molar-refractivity contribution >= 4 is 29.6 Å². The lowest BCUT2D eigenvalue weighted by atomic mass is 10.2. The largest absolute Gasteiger partial charge is 0.372 e.